The highest BCUT2D eigenvalue weighted by Crippen LogP contribution is 2.41. The number of aromatic nitrogens is 2. The molecule has 0 bridgehead atoms. The Bertz CT molecular complexity index is 3260. The number of nitrogens with zero attached hydrogens (tertiary/aromatic N) is 2. The molecule has 0 aliphatic heterocycles. The van der Waals surface area contributed by atoms with E-state index in [0.29, 0.717) is 0 Å². The Balaban J connectivity index is 1.01. The minimum Gasteiger partial charge on any atom is -0.309 e. The highest BCUT2D eigenvalue weighted by Gasteiger charge is 2.17. The Hall–Kier alpha value is -7.42. The van der Waals surface area contributed by atoms with Crippen LogP contribution in [0.4, 0.5) is 0 Å². The Morgan fingerprint density at radius 2 is 0.500 bits per heavy atom. The van der Waals surface area contributed by atoms with Gasteiger partial charge in [0.1, 0.15) is 0 Å². The maximum atomic E-state index is 2.40. The molecule has 0 fully saturated rings. The van der Waals surface area contributed by atoms with E-state index in [9.17, 15) is 0 Å². The third-order valence-electron chi connectivity index (χ3n) is 11.9. The predicted molar refractivity (Wildman–Crippen MR) is 239 cm³/mol. The SMILES string of the molecule is c1ccc(-n2c3ccccc3c3cc(-c4ccc5c6ccc(-c7ccc8c(c7)c7ccccc7n8-c7ccccc7)cc6c6ccccc6c5c4)ccc32)cc1. The molecule has 10 aromatic carbocycles. The van der Waals surface area contributed by atoms with Crippen LogP contribution >= 0.6 is 0 Å². The van der Waals surface area contributed by atoms with Crippen LogP contribution in [0, 0.1) is 0 Å². The van der Waals surface area contributed by atoms with Crippen LogP contribution in [0.1, 0.15) is 0 Å². The molecular formula is C54H34N2. The smallest absolute Gasteiger partial charge is 0.0541 e. The van der Waals surface area contributed by atoms with E-state index in [0.717, 1.165) is 0 Å². The largest absolute Gasteiger partial charge is 0.309 e. The summed E-state index contributed by atoms with van der Waals surface area (Å²) in [5, 5.41) is 12.7. The Labute approximate surface area is 323 Å². The number of benzene rings is 10. The van der Waals surface area contributed by atoms with Crippen LogP contribution in [0.25, 0.3) is 110 Å². The second kappa shape index (κ2) is 12.0. The van der Waals surface area contributed by atoms with E-state index in [1.807, 2.05) is 0 Å². The average Bonchev–Trinajstić information content (AvgIpc) is 3.79. The van der Waals surface area contributed by atoms with Crippen LogP contribution in [0.2, 0.25) is 0 Å². The molecule has 12 aromatic rings. The molecule has 2 heteroatoms. The number of rotatable bonds is 4. The standard InChI is InChI=1S/C54H34N2/c1-3-13-39(14-4-1)55-51-21-11-9-19-45(51)49-33-37(25-29-53(49)55)35-23-27-43-44-28-24-36(32-48(44)42-18-8-7-17-41(42)47(43)31-35)38-26-30-54-50(34-38)46-20-10-12-22-52(46)56(54)40-15-5-2-6-16-40/h1-34H. The summed E-state index contributed by atoms with van der Waals surface area (Å²) in [7, 11) is 0. The molecule has 56 heavy (non-hydrogen) atoms. The Morgan fingerprint density at radius 3 is 0.929 bits per heavy atom. The zero-order valence-electron chi connectivity index (χ0n) is 30.5. The van der Waals surface area contributed by atoms with E-state index in [1.165, 1.54) is 110 Å². The normalized spacial score (nSPS) is 11.9. The first kappa shape index (κ1) is 31.0. The highest BCUT2D eigenvalue weighted by molar-refractivity contribution is 6.26. The molecular weight excluding hydrogens is 677 g/mol. The fraction of sp³-hybridized carbons (Fsp3) is 0. The lowest BCUT2D eigenvalue weighted by Crippen LogP contribution is -1.92. The van der Waals surface area contributed by atoms with Gasteiger partial charge < -0.3 is 9.13 Å². The van der Waals surface area contributed by atoms with Gasteiger partial charge in [-0.25, -0.2) is 0 Å². The molecule has 0 atom stereocenters. The summed E-state index contributed by atoms with van der Waals surface area (Å²) in [6.45, 7) is 0. The van der Waals surface area contributed by atoms with Gasteiger partial charge in [-0.3, -0.25) is 0 Å². The van der Waals surface area contributed by atoms with Gasteiger partial charge in [-0.05, 0) is 127 Å². The lowest BCUT2D eigenvalue weighted by Gasteiger charge is -2.14. The number of hydrogen-bond acceptors (Lipinski definition) is 0. The maximum absolute atomic E-state index is 2.40. The monoisotopic (exact) mass is 710 g/mol. The quantitative estimate of drug-likeness (QED) is 0.161. The van der Waals surface area contributed by atoms with Gasteiger partial charge in [0.05, 0.1) is 22.1 Å². The first-order valence-electron chi connectivity index (χ1n) is 19.3. The summed E-state index contributed by atoms with van der Waals surface area (Å²) in [5.74, 6) is 0. The lowest BCUT2D eigenvalue weighted by atomic mass is 9.90. The first-order chi connectivity index (χ1) is 27.8. The molecule has 0 amide bonds. The number of hydrogen-bond donors (Lipinski definition) is 0. The average molecular weight is 711 g/mol. The summed E-state index contributed by atoms with van der Waals surface area (Å²) < 4.78 is 4.76. The minimum atomic E-state index is 1.18. The maximum Gasteiger partial charge on any atom is 0.0541 e. The predicted octanol–water partition coefficient (Wildman–Crippen LogP) is 14.7. The molecule has 2 heterocycles. The minimum absolute atomic E-state index is 1.18. The van der Waals surface area contributed by atoms with Crippen LogP contribution in [0.15, 0.2) is 206 Å². The van der Waals surface area contributed by atoms with Crippen molar-refractivity contribution in [3.63, 3.8) is 0 Å². The number of fused-ring (bicyclic) bond motifs is 12. The molecule has 0 saturated heterocycles. The van der Waals surface area contributed by atoms with E-state index >= 15 is 0 Å². The topological polar surface area (TPSA) is 9.86 Å². The third kappa shape index (κ3) is 4.57. The van der Waals surface area contributed by atoms with Gasteiger partial charge >= 0.3 is 0 Å². The van der Waals surface area contributed by atoms with Crippen LogP contribution in [0.3, 0.4) is 0 Å². The van der Waals surface area contributed by atoms with Crippen molar-refractivity contribution in [2.24, 2.45) is 0 Å². The van der Waals surface area contributed by atoms with Gasteiger partial charge in [0.15, 0.2) is 0 Å². The number of para-hydroxylation sites is 4. The van der Waals surface area contributed by atoms with Crippen LogP contribution in [0.5, 0.6) is 0 Å². The van der Waals surface area contributed by atoms with E-state index < -0.39 is 0 Å². The van der Waals surface area contributed by atoms with Gasteiger partial charge in [-0.2, -0.15) is 0 Å². The molecule has 12 rings (SSSR count). The fourth-order valence-electron chi connectivity index (χ4n) is 9.33. The summed E-state index contributed by atoms with van der Waals surface area (Å²) >= 11 is 0. The molecule has 260 valence electrons. The van der Waals surface area contributed by atoms with Crippen LogP contribution in [-0.2, 0) is 0 Å². The van der Waals surface area contributed by atoms with Gasteiger partial charge in [-0.15, -0.1) is 0 Å². The first-order valence-corrected chi connectivity index (χ1v) is 19.3. The molecule has 0 unspecified atom stereocenters. The summed E-state index contributed by atoms with van der Waals surface area (Å²) in [4.78, 5) is 0. The zero-order valence-corrected chi connectivity index (χ0v) is 30.5. The van der Waals surface area contributed by atoms with E-state index in [-0.39, 0.29) is 0 Å². The summed E-state index contributed by atoms with van der Waals surface area (Å²) in [6.07, 6.45) is 0. The van der Waals surface area contributed by atoms with Crippen molar-refractivity contribution in [3.05, 3.63) is 206 Å². The van der Waals surface area contributed by atoms with Crippen molar-refractivity contribution in [1.82, 2.24) is 9.13 Å². The van der Waals surface area contributed by atoms with E-state index in [4.69, 9.17) is 0 Å². The lowest BCUT2D eigenvalue weighted by molar-refractivity contribution is 1.18. The van der Waals surface area contributed by atoms with Gasteiger partial charge in [0, 0.05) is 32.9 Å². The molecule has 2 nitrogen and oxygen atoms in total. The van der Waals surface area contributed by atoms with Crippen molar-refractivity contribution in [2.45, 2.75) is 0 Å². The van der Waals surface area contributed by atoms with Crippen LogP contribution < -0.4 is 0 Å². The molecule has 0 saturated carbocycles. The molecule has 0 N–H and O–H groups in total. The zero-order chi connectivity index (χ0) is 36.7. The Morgan fingerprint density at radius 1 is 0.196 bits per heavy atom. The highest BCUT2D eigenvalue weighted by atomic mass is 15.0. The van der Waals surface area contributed by atoms with Gasteiger partial charge in [0.25, 0.3) is 0 Å². The molecule has 0 aliphatic rings. The second-order valence-corrected chi connectivity index (χ2v) is 14.9. The van der Waals surface area contributed by atoms with Crippen molar-refractivity contribution in [3.8, 4) is 33.6 Å². The molecule has 0 spiro atoms. The van der Waals surface area contributed by atoms with Crippen molar-refractivity contribution in [2.75, 3.05) is 0 Å². The van der Waals surface area contributed by atoms with Crippen LogP contribution in [-0.4, -0.2) is 9.13 Å². The summed E-state index contributed by atoms with van der Waals surface area (Å²) in [6, 6.07) is 75.7. The Kier molecular flexibility index (Phi) is 6.66. The van der Waals surface area contributed by atoms with E-state index in [2.05, 4.69) is 215 Å². The molecule has 0 aliphatic carbocycles. The van der Waals surface area contributed by atoms with E-state index in [1.54, 1.807) is 0 Å². The van der Waals surface area contributed by atoms with Gasteiger partial charge in [-0.1, -0.05) is 133 Å². The van der Waals surface area contributed by atoms with Crippen molar-refractivity contribution < 1.29 is 0 Å². The summed E-state index contributed by atoms with van der Waals surface area (Å²) in [5.41, 5.74) is 12.1. The second-order valence-electron chi connectivity index (χ2n) is 14.9. The molecule has 0 radical (unpaired) electrons. The van der Waals surface area contributed by atoms with Gasteiger partial charge in [0.2, 0.25) is 0 Å². The van der Waals surface area contributed by atoms with Crippen molar-refractivity contribution in [1.29, 1.82) is 0 Å². The third-order valence-corrected chi connectivity index (χ3v) is 11.9. The molecule has 2 aromatic heterocycles. The van der Waals surface area contributed by atoms with Crippen molar-refractivity contribution >= 4 is 75.9 Å². The fourth-order valence-corrected chi connectivity index (χ4v) is 9.33.